The Morgan fingerprint density at radius 2 is 1.78 bits per heavy atom. The fourth-order valence-corrected chi connectivity index (χ4v) is 3.04. The summed E-state index contributed by atoms with van der Waals surface area (Å²) in [6, 6.07) is 6.84. The zero-order valence-corrected chi connectivity index (χ0v) is 18.0. The van der Waals surface area contributed by atoms with Gasteiger partial charge in [-0.1, -0.05) is 12.1 Å². The summed E-state index contributed by atoms with van der Waals surface area (Å²) in [5.41, 5.74) is 0.737. The third-order valence-electron chi connectivity index (χ3n) is 3.61. The standard InChI is InChI=1S/C19H32N4O3S/c1-7-20-18(23(5)14-17(24)22-19(2,3)4)21-13-12-15-8-10-16(11-9-15)27(6,25)26/h8-11H,7,12-14H2,1-6H3,(H,20,21)(H,22,24). The van der Waals surface area contributed by atoms with E-state index in [1.54, 1.807) is 29.2 Å². The van der Waals surface area contributed by atoms with Crippen LogP contribution in [-0.4, -0.2) is 63.7 Å². The summed E-state index contributed by atoms with van der Waals surface area (Å²) in [6.07, 6.45) is 1.88. The number of aliphatic imine (C=N–C) groups is 1. The van der Waals surface area contributed by atoms with Crippen LogP contribution in [0.1, 0.15) is 33.3 Å². The lowest BCUT2D eigenvalue weighted by Crippen LogP contribution is -2.48. The monoisotopic (exact) mass is 396 g/mol. The Morgan fingerprint density at radius 1 is 1.19 bits per heavy atom. The molecule has 0 aliphatic rings. The third-order valence-corrected chi connectivity index (χ3v) is 4.73. The molecule has 0 saturated carbocycles. The maximum atomic E-state index is 12.1. The van der Waals surface area contributed by atoms with E-state index in [0.717, 1.165) is 5.56 Å². The molecule has 1 amide bonds. The topological polar surface area (TPSA) is 90.9 Å². The van der Waals surface area contributed by atoms with Gasteiger partial charge in [0.1, 0.15) is 0 Å². The van der Waals surface area contributed by atoms with E-state index in [-0.39, 0.29) is 18.0 Å². The van der Waals surface area contributed by atoms with Gasteiger partial charge in [0.25, 0.3) is 0 Å². The molecule has 0 heterocycles. The van der Waals surface area contributed by atoms with Gasteiger partial charge < -0.3 is 15.5 Å². The molecule has 0 aliphatic carbocycles. The minimum absolute atomic E-state index is 0.0630. The Balaban J connectivity index is 2.69. The first-order valence-electron chi connectivity index (χ1n) is 9.02. The number of rotatable bonds is 7. The molecular formula is C19H32N4O3S. The maximum Gasteiger partial charge on any atom is 0.240 e. The largest absolute Gasteiger partial charge is 0.357 e. The number of nitrogens with one attached hydrogen (secondary N) is 2. The Labute approximate surface area is 163 Å². The van der Waals surface area contributed by atoms with Crippen molar-refractivity contribution in [3.63, 3.8) is 0 Å². The minimum atomic E-state index is -3.18. The van der Waals surface area contributed by atoms with Gasteiger partial charge in [-0.3, -0.25) is 9.79 Å². The van der Waals surface area contributed by atoms with Crippen LogP contribution >= 0.6 is 0 Å². The highest BCUT2D eigenvalue weighted by Gasteiger charge is 2.16. The van der Waals surface area contributed by atoms with E-state index >= 15 is 0 Å². The molecule has 0 spiro atoms. The van der Waals surface area contributed by atoms with E-state index < -0.39 is 9.84 Å². The number of nitrogens with zero attached hydrogens (tertiary/aromatic N) is 2. The van der Waals surface area contributed by atoms with Crippen molar-refractivity contribution >= 4 is 21.7 Å². The van der Waals surface area contributed by atoms with E-state index in [0.29, 0.717) is 30.4 Å². The van der Waals surface area contributed by atoms with E-state index in [2.05, 4.69) is 15.6 Å². The quantitative estimate of drug-likeness (QED) is 0.538. The van der Waals surface area contributed by atoms with Crippen molar-refractivity contribution in [1.29, 1.82) is 0 Å². The van der Waals surface area contributed by atoms with Crippen LogP contribution in [0.4, 0.5) is 0 Å². The summed E-state index contributed by atoms with van der Waals surface area (Å²) in [5, 5.41) is 6.12. The number of guanidine groups is 1. The molecule has 27 heavy (non-hydrogen) atoms. The molecule has 152 valence electrons. The summed E-state index contributed by atoms with van der Waals surface area (Å²) < 4.78 is 23.0. The average Bonchev–Trinajstić information content (AvgIpc) is 2.51. The van der Waals surface area contributed by atoms with Crippen LogP contribution in [0.15, 0.2) is 34.2 Å². The van der Waals surface area contributed by atoms with Gasteiger partial charge >= 0.3 is 0 Å². The molecule has 0 radical (unpaired) electrons. The number of hydrogen-bond acceptors (Lipinski definition) is 4. The molecule has 1 rings (SSSR count). The highest BCUT2D eigenvalue weighted by Crippen LogP contribution is 2.10. The first kappa shape index (κ1) is 23.0. The van der Waals surface area contributed by atoms with Crippen molar-refractivity contribution in [3.8, 4) is 0 Å². The lowest BCUT2D eigenvalue weighted by Gasteiger charge is -2.25. The smallest absolute Gasteiger partial charge is 0.240 e. The predicted octanol–water partition coefficient (Wildman–Crippen LogP) is 1.44. The van der Waals surface area contributed by atoms with E-state index in [4.69, 9.17) is 0 Å². The molecule has 7 nitrogen and oxygen atoms in total. The number of carbonyl (C=O) groups is 1. The van der Waals surface area contributed by atoms with Crippen LogP contribution in [0.2, 0.25) is 0 Å². The Hall–Kier alpha value is -2.09. The highest BCUT2D eigenvalue weighted by atomic mass is 32.2. The van der Waals surface area contributed by atoms with E-state index in [1.807, 2.05) is 34.7 Å². The second-order valence-electron chi connectivity index (χ2n) is 7.56. The van der Waals surface area contributed by atoms with Crippen molar-refractivity contribution in [3.05, 3.63) is 29.8 Å². The van der Waals surface area contributed by atoms with Crippen molar-refractivity contribution in [2.24, 2.45) is 4.99 Å². The molecule has 0 saturated heterocycles. The molecule has 0 bridgehead atoms. The van der Waals surface area contributed by atoms with Gasteiger partial charge in [0, 0.05) is 31.9 Å². The Bertz CT molecular complexity index is 750. The average molecular weight is 397 g/mol. The molecule has 0 aromatic heterocycles. The molecule has 0 unspecified atom stereocenters. The normalized spacial score (nSPS) is 12.6. The molecule has 8 heteroatoms. The predicted molar refractivity (Wildman–Crippen MR) is 110 cm³/mol. The molecule has 0 fully saturated rings. The SMILES string of the molecule is CCNC(=NCCc1ccc(S(C)(=O)=O)cc1)N(C)CC(=O)NC(C)(C)C. The Kier molecular flexibility index (Phi) is 8.27. The molecule has 0 atom stereocenters. The second kappa shape index (κ2) is 9.73. The van der Waals surface area contributed by atoms with Gasteiger partial charge in [0.15, 0.2) is 15.8 Å². The first-order chi connectivity index (χ1) is 12.4. The molecular weight excluding hydrogens is 364 g/mol. The third kappa shape index (κ3) is 8.90. The van der Waals surface area contributed by atoms with E-state index in [9.17, 15) is 13.2 Å². The molecule has 1 aromatic rings. The number of carbonyl (C=O) groups excluding carboxylic acids is 1. The van der Waals surface area contributed by atoms with Gasteiger partial charge in [0.2, 0.25) is 5.91 Å². The van der Waals surface area contributed by atoms with Gasteiger partial charge in [-0.15, -0.1) is 0 Å². The van der Waals surface area contributed by atoms with Gasteiger partial charge in [-0.25, -0.2) is 8.42 Å². The minimum Gasteiger partial charge on any atom is -0.357 e. The van der Waals surface area contributed by atoms with Crippen molar-refractivity contribution in [2.45, 2.75) is 44.6 Å². The Morgan fingerprint density at radius 3 is 2.26 bits per heavy atom. The fourth-order valence-electron chi connectivity index (χ4n) is 2.41. The number of likely N-dealkylation sites (N-methyl/N-ethyl adjacent to an activating group) is 1. The summed E-state index contributed by atoms with van der Waals surface area (Å²) in [7, 11) is -1.35. The zero-order chi connectivity index (χ0) is 20.7. The van der Waals surface area contributed by atoms with Crippen LogP contribution in [0.25, 0.3) is 0 Å². The van der Waals surface area contributed by atoms with Crippen LogP contribution in [0, 0.1) is 0 Å². The van der Waals surface area contributed by atoms with Crippen LogP contribution in [0.5, 0.6) is 0 Å². The molecule has 2 N–H and O–H groups in total. The van der Waals surface area contributed by atoms with Crippen molar-refractivity contribution in [2.75, 3.05) is 32.9 Å². The summed E-state index contributed by atoms with van der Waals surface area (Å²) in [4.78, 5) is 18.8. The summed E-state index contributed by atoms with van der Waals surface area (Å²) in [5.74, 6) is 0.598. The maximum absolute atomic E-state index is 12.1. The number of amides is 1. The van der Waals surface area contributed by atoms with Crippen LogP contribution < -0.4 is 10.6 Å². The van der Waals surface area contributed by atoms with Gasteiger partial charge in [-0.2, -0.15) is 0 Å². The summed E-state index contributed by atoms with van der Waals surface area (Å²) >= 11 is 0. The number of sulfone groups is 1. The fraction of sp³-hybridized carbons (Fsp3) is 0.579. The lowest BCUT2D eigenvalue weighted by molar-refractivity contribution is -0.122. The van der Waals surface area contributed by atoms with E-state index in [1.165, 1.54) is 6.26 Å². The highest BCUT2D eigenvalue weighted by molar-refractivity contribution is 7.90. The van der Waals surface area contributed by atoms with Crippen molar-refractivity contribution in [1.82, 2.24) is 15.5 Å². The molecule has 1 aromatic carbocycles. The lowest BCUT2D eigenvalue weighted by atomic mass is 10.1. The zero-order valence-electron chi connectivity index (χ0n) is 17.2. The summed E-state index contributed by atoms with van der Waals surface area (Å²) in [6.45, 7) is 9.26. The van der Waals surface area contributed by atoms with Gasteiger partial charge in [0.05, 0.1) is 11.4 Å². The van der Waals surface area contributed by atoms with Crippen LogP contribution in [0.3, 0.4) is 0 Å². The number of hydrogen-bond donors (Lipinski definition) is 2. The molecule has 0 aliphatic heterocycles. The first-order valence-corrected chi connectivity index (χ1v) is 10.9. The van der Waals surface area contributed by atoms with Crippen molar-refractivity contribution < 1.29 is 13.2 Å². The van der Waals surface area contributed by atoms with Gasteiger partial charge in [-0.05, 0) is 51.8 Å². The number of benzene rings is 1. The van der Waals surface area contributed by atoms with Crippen LogP contribution in [-0.2, 0) is 21.1 Å². The second-order valence-corrected chi connectivity index (χ2v) is 9.57.